The topological polar surface area (TPSA) is 89.5 Å². The molecule has 1 aliphatic rings. The third-order valence-corrected chi connectivity index (χ3v) is 4.88. The standard InChI is InChI=1S/C11H15N3O4S/c1-14(8-3-4-19(16,17)7-8)10-6-12-5-9(13-10)11(15)18-2/h5-6,8H,3-4,7H2,1-2H3. The number of carbonyl (C=O) groups excluding carboxylic acids is 1. The molecule has 2 heterocycles. The van der Waals surface area contributed by atoms with Gasteiger partial charge < -0.3 is 9.64 Å². The summed E-state index contributed by atoms with van der Waals surface area (Å²) >= 11 is 0. The molecule has 1 aliphatic heterocycles. The first kappa shape index (κ1) is 13.7. The number of sulfone groups is 1. The van der Waals surface area contributed by atoms with Crippen LogP contribution in [0, 0.1) is 0 Å². The second-order valence-electron chi connectivity index (χ2n) is 4.42. The maximum absolute atomic E-state index is 11.5. The minimum atomic E-state index is -2.96. The number of methoxy groups -OCH3 is 1. The second-order valence-corrected chi connectivity index (χ2v) is 6.65. The molecule has 0 bridgehead atoms. The zero-order chi connectivity index (χ0) is 14.0. The highest BCUT2D eigenvalue weighted by Gasteiger charge is 2.31. The normalized spacial score (nSPS) is 21.1. The molecule has 1 aromatic heterocycles. The van der Waals surface area contributed by atoms with Crippen LogP contribution in [0.2, 0.25) is 0 Å². The summed E-state index contributed by atoms with van der Waals surface area (Å²) in [5.41, 5.74) is 0.104. The van der Waals surface area contributed by atoms with E-state index in [1.165, 1.54) is 19.5 Å². The van der Waals surface area contributed by atoms with Crippen LogP contribution in [-0.4, -0.2) is 56.1 Å². The van der Waals surface area contributed by atoms with E-state index >= 15 is 0 Å². The molecule has 7 nitrogen and oxygen atoms in total. The van der Waals surface area contributed by atoms with Crippen LogP contribution >= 0.6 is 0 Å². The predicted molar refractivity (Wildman–Crippen MR) is 68.8 cm³/mol. The molecule has 0 amide bonds. The number of rotatable bonds is 3. The van der Waals surface area contributed by atoms with Crippen molar-refractivity contribution in [3.05, 3.63) is 18.1 Å². The Bertz CT molecular complexity index is 587. The third kappa shape index (κ3) is 3.01. The number of hydrogen-bond acceptors (Lipinski definition) is 7. The van der Waals surface area contributed by atoms with E-state index in [-0.39, 0.29) is 23.2 Å². The highest BCUT2D eigenvalue weighted by Crippen LogP contribution is 2.21. The van der Waals surface area contributed by atoms with Crippen molar-refractivity contribution in [2.24, 2.45) is 0 Å². The van der Waals surface area contributed by atoms with E-state index in [2.05, 4.69) is 14.7 Å². The zero-order valence-electron chi connectivity index (χ0n) is 10.7. The van der Waals surface area contributed by atoms with Gasteiger partial charge in [-0.05, 0) is 6.42 Å². The van der Waals surface area contributed by atoms with Gasteiger partial charge in [-0.15, -0.1) is 0 Å². The van der Waals surface area contributed by atoms with Gasteiger partial charge in [0.2, 0.25) is 0 Å². The van der Waals surface area contributed by atoms with Crippen molar-refractivity contribution in [1.29, 1.82) is 0 Å². The van der Waals surface area contributed by atoms with Crippen molar-refractivity contribution in [1.82, 2.24) is 9.97 Å². The molecule has 2 rings (SSSR count). The van der Waals surface area contributed by atoms with E-state index in [0.29, 0.717) is 12.2 Å². The number of ether oxygens (including phenoxy) is 1. The third-order valence-electron chi connectivity index (χ3n) is 3.13. The Kier molecular flexibility index (Phi) is 3.70. The molecule has 0 spiro atoms. The lowest BCUT2D eigenvalue weighted by Gasteiger charge is -2.24. The SMILES string of the molecule is COC(=O)c1cncc(N(C)C2CCS(=O)(=O)C2)n1. The molecule has 19 heavy (non-hydrogen) atoms. The van der Waals surface area contributed by atoms with E-state index in [4.69, 9.17) is 0 Å². The number of anilines is 1. The molecule has 1 aromatic rings. The van der Waals surface area contributed by atoms with Crippen molar-refractivity contribution in [3.63, 3.8) is 0 Å². The summed E-state index contributed by atoms with van der Waals surface area (Å²) in [6, 6.07) is -0.132. The van der Waals surface area contributed by atoms with Crippen LogP contribution in [0.5, 0.6) is 0 Å². The first-order valence-electron chi connectivity index (χ1n) is 5.76. The summed E-state index contributed by atoms with van der Waals surface area (Å²) in [5, 5.41) is 0. The minimum absolute atomic E-state index is 0.104. The summed E-state index contributed by atoms with van der Waals surface area (Å²) in [5.74, 6) is 0.187. The molecule has 104 valence electrons. The fourth-order valence-electron chi connectivity index (χ4n) is 2.00. The van der Waals surface area contributed by atoms with E-state index in [1.807, 2.05) is 0 Å². The number of esters is 1. The maximum atomic E-state index is 11.5. The fraction of sp³-hybridized carbons (Fsp3) is 0.545. The molecule has 8 heteroatoms. The summed E-state index contributed by atoms with van der Waals surface area (Å²) in [6.07, 6.45) is 3.37. The molecule has 1 unspecified atom stereocenters. The first-order valence-corrected chi connectivity index (χ1v) is 7.59. The van der Waals surface area contributed by atoms with Gasteiger partial charge in [0.25, 0.3) is 0 Å². The molecular formula is C11H15N3O4S. The Hall–Kier alpha value is -1.70. The number of nitrogens with zero attached hydrogens (tertiary/aromatic N) is 3. The van der Waals surface area contributed by atoms with E-state index in [9.17, 15) is 13.2 Å². The lowest BCUT2D eigenvalue weighted by atomic mass is 10.2. The van der Waals surface area contributed by atoms with Crippen molar-refractivity contribution in [2.45, 2.75) is 12.5 Å². The van der Waals surface area contributed by atoms with Crippen molar-refractivity contribution in [2.75, 3.05) is 30.6 Å². The van der Waals surface area contributed by atoms with Gasteiger partial charge in [-0.1, -0.05) is 0 Å². The Balaban J connectivity index is 2.20. The van der Waals surface area contributed by atoms with Gasteiger partial charge in [-0.25, -0.2) is 18.2 Å². The van der Waals surface area contributed by atoms with E-state index in [0.717, 1.165) is 0 Å². The van der Waals surface area contributed by atoms with Gasteiger partial charge in [-0.3, -0.25) is 4.98 Å². The van der Waals surface area contributed by atoms with Crippen LogP contribution in [0.4, 0.5) is 5.82 Å². The van der Waals surface area contributed by atoms with Crippen molar-refractivity contribution >= 4 is 21.6 Å². The molecule has 1 fully saturated rings. The lowest BCUT2D eigenvalue weighted by Crippen LogP contribution is -2.33. The quantitative estimate of drug-likeness (QED) is 0.715. The van der Waals surface area contributed by atoms with Crippen LogP contribution in [0.25, 0.3) is 0 Å². The van der Waals surface area contributed by atoms with Crippen LogP contribution in [0.1, 0.15) is 16.9 Å². The van der Waals surface area contributed by atoms with Gasteiger partial charge >= 0.3 is 5.97 Å². The van der Waals surface area contributed by atoms with Crippen LogP contribution in [0.3, 0.4) is 0 Å². The van der Waals surface area contributed by atoms with Gasteiger partial charge in [0.05, 0.1) is 31.0 Å². The van der Waals surface area contributed by atoms with Gasteiger partial charge in [0, 0.05) is 13.1 Å². The highest BCUT2D eigenvalue weighted by molar-refractivity contribution is 7.91. The van der Waals surface area contributed by atoms with E-state index < -0.39 is 15.8 Å². The Morgan fingerprint density at radius 2 is 2.21 bits per heavy atom. The van der Waals surface area contributed by atoms with Gasteiger partial charge in [0.1, 0.15) is 5.82 Å². The Morgan fingerprint density at radius 3 is 2.79 bits per heavy atom. The number of carbonyl (C=O) groups is 1. The molecule has 0 saturated carbocycles. The van der Waals surface area contributed by atoms with Crippen molar-refractivity contribution < 1.29 is 17.9 Å². The van der Waals surface area contributed by atoms with Crippen molar-refractivity contribution in [3.8, 4) is 0 Å². The lowest BCUT2D eigenvalue weighted by molar-refractivity contribution is 0.0593. The zero-order valence-corrected chi connectivity index (χ0v) is 11.6. The highest BCUT2D eigenvalue weighted by atomic mass is 32.2. The summed E-state index contributed by atoms with van der Waals surface area (Å²) in [4.78, 5) is 21.2. The monoisotopic (exact) mass is 285 g/mol. The molecule has 0 radical (unpaired) electrons. The summed E-state index contributed by atoms with van der Waals surface area (Å²) in [6.45, 7) is 0. The van der Waals surface area contributed by atoms with Crippen LogP contribution in [-0.2, 0) is 14.6 Å². The Labute approximate surface area is 111 Å². The Morgan fingerprint density at radius 1 is 1.47 bits per heavy atom. The molecule has 0 N–H and O–H groups in total. The number of aromatic nitrogens is 2. The first-order chi connectivity index (χ1) is 8.93. The van der Waals surface area contributed by atoms with Crippen LogP contribution in [0.15, 0.2) is 12.4 Å². The maximum Gasteiger partial charge on any atom is 0.358 e. The predicted octanol–water partition coefficient (Wildman–Crippen LogP) is -0.113. The molecule has 1 saturated heterocycles. The molecule has 1 atom stereocenters. The van der Waals surface area contributed by atoms with Crippen LogP contribution < -0.4 is 4.90 Å². The second kappa shape index (κ2) is 5.12. The molecule has 0 aliphatic carbocycles. The van der Waals surface area contributed by atoms with E-state index in [1.54, 1.807) is 11.9 Å². The van der Waals surface area contributed by atoms with Gasteiger partial charge in [-0.2, -0.15) is 0 Å². The minimum Gasteiger partial charge on any atom is -0.464 e. The average Bonchev–Trinajstić information content (AvgIpc) is 2.77. The van der Waals surface area contributed by atoms with Gasteiger partial charge in [0.15, 0.2) is 15.5 Å². The smallest absolute Gasteiger partial charge is 0.358 e. The number of hydrogen-bond donors (Lipinski definition) is 0. The molecule has 0 aromatic carbocycles. The summed E-state index contributed by atoms with van der Waals surface area (Å²) in [7, 11) is 0.0533. The summed E-state index contributed by atoms with van der Waals surface area (Å²) < 4.78 is 27.5. The fourth-order valence-corrected chi connectivity index (χ4v) is 3.77. The molecular weight excluding hydrogens is 270 g/mol. The largest absolute Gasteiger partial charge is 0.464 e. The average molecular weight is 285 g/mol.